The third-order valence-corrected chi connectivity index (χ3v) is 5.05. The first-order chi connectivity index (χ1) is 15.0. The molecule has 4 aromatic rings. The number of aromatic carboxylic acids is 1. The molecule has 0 saturated heterocycles. The molecule has 0 bridgehead atoms. The van der Waals surface area contributed by atoms with Gasteiger partial charge in [0.15, 0.2) is 5.89 Å². The van der Waals surface area contributed by atoms with Gasteiger partial charge in [0.25, 0.3) is 0 Å². The van der Waals surface area contributed by atoms with Crippen molar-refractivity contribution in [2.24, 2.45) is 0 Å². The molecule has 0 aliphatic rings. The van der Waals surface area contributed by atoms with E-state index >= 15 is 0 Å². The SMILES string of the molecule is Cc1oc(Cc2cccc(Cl)c2)nc1-c1ccc(COc2ccc(C(=O)O)cc2)cc1. The lowest BCUT2D eigenvalue weighted by molar-refractivity contribution is 0.0697. The van der Waals surface area contributed by atoms with E-state index in [-0.39, 0.29) is 5.56 Å². The first kappa shape index (κ1) is 20.7. The second kappa shape index (κ2) is 9.06. The van der Waals surface area contributed by atoms with Crippen LogP contribution in [-0.4, -0.2) is 16.1 Å². The molecule has 0 radical (unpaired) electrons. The van der Waals surface area contributed by atoms with Crippen LogP contribution in [0.25, 0.3) is 11.3 Å². The van der Waals surface area contributed by atoms with Gasteiger partial charge in [-0.1, -0.05) is 48.0 Å². The van der Waals surface area contributed by atoms with Gasteiger partial charge in [-0.2, -0.15) is 0 Å². The summed E-state index contributed by atoms with van der Waals surface area (Å²) >= 11 is 6.06. The zero-order chi connectivity index (χ0) is 21.8. The Hall–Kier alpha value is -3.57. The van der Waals surface area contributed by atoms with Crippen molar-refractivity contribution in [1.82, 2.24) is 4.98 Å². The third-order valence-electron chi connectivity index (χ3n) is 4.82. The lowest BCUT2D eigenvalue weighted by Crippen LogP contribution is -1.98. The quantitative estimate of drug-likeness (QED) is 0.377. The monoisotopic (exact) mass is 433 g/mol. The molecule has 0 fully saturated rings. The molecule has 31 heavy (non-hydrogen) atoms. The predicted octanol–water partition coefficient (Wildman–Crippen LogP) is 6.17. The van der Waals surface area contributed by atoms with Crippen molar-refractivity contribution in [3.05, 3.63) is 106 Å². The fraction of sp³-hybridized carbons (Fsp3) is 0.120. The van der Waals surface area contributed by atoms with Gasteiger partial charge in [-0.3, -0.25) is 0 Å². The molecule has 4 rings (SSSR count). The first-order valence-electron chi connectivity index (χ1n) is 9.74. The minimum absolute atomic E-state index is 0.231. The summed E-state index contributed by atoms with van der Waals surface area (Å²) in [5, 5.41) is 9.64. The molecule has 0 unspecified atom stereocenters. The minimum atomic E-state index is -0.957. The summed E-state index contributed by atoms with van der Waals surface area (Å²) in [6.07, 6.45) is 0.577. The average molecular weight is 434 g/mol. The molecule has 156 valence electrons. The molecular weight excluding hydrogens is 414 g/mol. The van der Waals surface area contributed by atoms with Crippen LogP contribution in [0.2, 0.25) is 5.02 Å². The van der Waals surface area contributed by atoms with Crippen LogP contribution in [0.1, 0.15) is 33.1 Å². The summed E-state index contributed by atoms with van der Waals surface area (Å²) in [6.45, 7) is 2.28. The summed E-state index contributed by atoms with van der Waals surface area (Å²) in [5.74, 6) is 1.07. The molecule has 0 aliphatic heterocycles. The Kier molecular flexibility index (Phi) is 6.05. The Morgan fingerprint density at radius 2 is 1.77 bits per heavy atom. The van der Waals surface area contributed by atoms with Gasteiger partial charge < -0.3 is 14.3 Å². The van der Waals surface area contributed by atoms with Gasteiger partial charge in [0.05, 0.1) is 5.56 Å². The minimum Gasteiger partial charge on any atom is -0.489 e. The van der Waals surface area contributed by atoms with Gasteiger partial charge in [-0.25, -0.2) is 9.78 Å². The molecule has 0 saturated carbocycles. The van der Waals surface area contributed by atoms with Crippen LogP contribution in [0.15, 0.2) is 77.2 Å². The number of benzene rings is 3. The van der Waals surface area contributed by atoms with Crippen LogP contribution in [0, 0.1) is 6.92 Å². The lowest BCUT2D eigenvalue weighted by atomic mass is 10.1. The van der Waals surface area contributed by atoms with E-state index in [2.05, 4.69) is 4.98 Å². The van der Waals surface area contributed by atoms with Crippen molar-refractivity contribution in [3.8, 4) is 17.0 Å². The maximum Gasteiger partial charge on any atom is 0.335 e. The number of aromatic nitrogens is 1. The highest BCUT2D eigenvalue weighted by atomic mass is 35.5. The maximum absolute atomic E-state index is 10.9. The highest BCUT2D eigenvalue weighted by molar-refractivity contribution is 6.30. The summed E-state index contributed by atoms with van der Waals surface area (Å²) in [5.41, 5.74) is 4.05. The summed E-state index contributed by atoms with van der Waals surface area (Å²) < 4.78 is 11.6. The molecule has 0 aliphatic carbocycles. The van der Waals surface area contributed by atoms with Gasteiger partial charge in [-0.15, -0.1) is 0 Å². The summed E-state index contributed by atoms with van der Waals surface area (Å²) in [6, 6.07) is 21.9. The number of carboxylic acid groups (broad SMARTS) is 1. The molecule has 5 nitrogen and oxygen atoms in total. The molecule has 0 atom stereocenters. The number of halogens is 1. The smallest absolute Gasteiger partial charge is 0.335 e. The molecule has 1 heterocycles. The lowest BCUT2D eigenvalue weighted by Gasteiger charge is -2.07. The molecule has 1 N–H and O–H groups in total. The van der Waals surface area contributed by atoms with Crippen molar-refractivity contribution in [2.45, 2.75) is 20.0 Å². The zero-order valence-electron chi connectivity index (χ0n) is 16.8. The Morgan fingerprint density at radius 3 is 2.45 bits per heavy atom. The number of ether oxygens (including phenoxy) is 1. The standard InChI is InChI=1S/C25H20ClNO4/c1-16-24(27-23(31-16)14-18-3-2-4-21(26)13-18)19-7-5-17(6-8-19)15-30-22-11-9-20(10-12-22)25(28)29/h2-13H,14-15H2,1H3,(H,28,29). The molecular formula is C25H20ClNO4. The first-order valence-corrected chi connectivity index (χ1v) is 10.1. The number of hydrogen-bond acceptors (Lipinski definition) is 4. The molecule has 0 spiro atoms. The number of nitrogens with zero attached hydrogens (tertiary/aromatic N) is 1. The average Bonchev–Trinajstić information content (AvgIpc) is 3.13. The largest absolute Gasteiger partial charge is 0.489 e. The summed E-state index contributed by atoms with van der Waals surface area (Å²) in [4.78, 5) is 15.6. The van der Waals surface area contributed by atoms with Gasteiger partial charge in [0.1, 0.15) is 23.8 Å². The van der Waals surface area contributed by atoms with E-state index in [0.717, 1.165) is 28.1 Å². The predicted molar refractivity (Wildman–Crippen MR) is 119 cm³/mol. The van der Waals surface area contributed by atoms with Gasteiger partial charge in [0.2, 0.25) is 0 Å². The molecule has 0 amide bonds. The Bertz CT molecular complexity index is 1200. The fourth-order valence-corrected chi connectivity index (χ4v) is 3.45. The van der Waals surface area contributed by atoms with E-state index in [1.165, 1.54) is 12.1 Å². The van der Waals surface area contributed by atoms with Crippen molar-refractivity contribution < 1.29 is 19.1 Å². The van der Waals surface area contributed by atoms with E-state index in [0.29, 0.717) is 29.7 Å². The Labute approximate surface area is 184 Å². The van der Waals surface area contributed by atoms with Crippen LogP contribution < -0.4 is 4.74 Å². The number of rotatable bonds is 7. The highest BCUT2D eigenvalue weighted by Gasteiger charge is 2.12. The van der Waals surface area contributed by atoms with Gasteiger partial charge >= 0.3 is 5.97 Å². The number of oxazole rings is 1. The highest BCUT2D eigenvalue weighted by Crippen LogP contribution is 2.26. The maximum atomic E-state index is 10.9. The Morgan fingerprint density at radius 1 is 1.03 bits per heavy atom. The topological polar surface area (TPSA) is 72.6 Å². The van der Waals surface area contributed by atoms with Crippen LogP contribution in [0.5, 0.6) is 5.75 Å². The third kappa shape index (κ3) is 5.13. The van der Waals surface area contributed by atoms with E-state index in [1.807, 2.05) is 55.5 Å². The zero-order valence-corrected chi connectivity index (χ0v) is 17.6. The van der Waals surface area contributed by atoms with Gasteiger partial charge in [-0.05, 0) is 54.4 Å². The number of aryl methyl sites for hydroxylation is 1. The fourth-order valence-electron chi connectivity index (χ4n) is 3.24. The van der Waals surface area contributed by atoms with Crippen molar-refractivity contribution in [3.63, 3.8) is 0 Å². The molecule has 1 aromatic heterocycles. The van der Waals surface area contributed by atoms with E-state index in [4.69, 9.17) is 25.9 Å². The van der Waals surface area contributed by atoms with E-state index in [9.17, 15) is 4.79 Å². The van der Waals surface area contributed by atoms with E-state index in [1.54, 1.807) is 12.1 Å². The van der Waals surface area contributed by atoms with Crippen LogP contribution in [0.3, 0.4) is 0 Å². The van der Waals surface area contributed by atoms with Crippen LogP contribution in [0.4, 0.5) is 0 Å². The van der Waals surface area contributed by atoms with E-state index < -0.39 is 5.97 Å². The molecule has 3 aromatic carbocycles. The molecule has 6 heteroatoms. The Balaban J connectivity index is 1.42. The normalized spacial score (nSPS) is 10.8. The number of hydrogen-bond donors (Lipinski definition) is 1. The van der Waals surface area contributed by atoms with Crippen molar-refractivity contribution in [2.75, 3.05) is 0 Å². The second-order valence-corrected chi connectivity index (χ2v) is 7.57. The van der Waals surface area contributed by atoms with Crippen molar-refractivity contribution in [1.29, 1.82) is 0 Å². The van der Waals surface area contributed by atoms with Crippen LogP contribution >= 0.6 is 11.6 Å². The number of carbonyl (C=O) groups is 1. The second-order valence-electron chi connectivity index (χ2n) is 7.13. The van der Waals surface area contributed by atoms with Crippen LogP contribution in [-0.2, 0) is 13.0 Å². The van der Waals surface area contributed by atoms with Gasteiger partial charge in [0, 0.05) is 17.0 Å². The number of carboxylic acids is 1. The summed E-state index contributed by atoms with van der Waals surface area (Å²) in [7, 11) is 0. The van der Waals surface area contributed by atoms with Crippen molar-refractivity contribution >= 4 is 17.6 Å².